The van der Waals surface area contributed by atoms with Crippen molar-refractivity contribution >= 4 is 52.9 Å². The van der Waals surface area contributed by atoms with Crippen molar-refractivity contribution in [1.29, 1.82) is 0 Å². The first-order valence-electron chi connectivity index (χ1n) is 13.1. The highest BCUT2D eigenvalue weighted by molar-refractivity contribution is 6.32. The van der Waals surface area contributed by atoms with Crippen LogP contribution in [0.4, 0.5) is 27.9 Å². The Hall–Kier alpha value is -4.45. The summed E-state index contributed by atoms with van der Waals surface area (Å²) in [4.78, 5) is 40.7. The number of urea groups is 1. The van der Waals surface area contributed by atoms with E-state index >= 15 is 0 Å². The number of carbonyl (C=O) groups excluding carboxylic acids is 2. The van der Waals surface area contributed by atoms with Gasteiger partial charge in [-0.05, 0) is 56.4 Å². The van der Waals surface area contributed by atoms with Gasteiger partial charge in [-0.3, -0.25) is 9.79 Å². The number of aliphatic imine (C=N–C) groups is 1. The maximum Gasteiger partial charge on any atom is 0.319 e. The Bertz CT molecular complexity index is 1520. The number of anilines is 4. The second-order valence-electron chi connectivity index (χ2n) is 10.1. The summed E-state index contributed by atoms with van der Waals surface area (Å²) in [6, 6.07) is 5.24. The fourth-order valence-corrected chi connectivity index (χ4v) is 5.26. The average molecular weight is 562 g/mol. The van der Waals surface area contributed by atoms with E-state index in [1.54, 1.807) is 24.2 Å². The summed E-state index contributed by atoms with van der Waals surface area (Å²) in [6.07, 6.45) is 9.70. The maximum absolute atomic E-state index is 13.0. The molecule has 1 aromatic carbocycles. The van der Waals surface area contributed by atoms with E-state index in [0.717, 1.165) is 36.2 Å². The summed E-state index contributed by atoms with van der Waals surface area (Å²) >= 11 is 6.37. The highest BCUT2D eigenvalue weighted by Gasteiger charge is 2.30. The third-order valence-corrected chi connectivity index (χ3v) is 7.49. The van der Waals surface area contributed by atoms with E-state index in [0.29, 0.717) is 53.3 Å². The average Bonchev–Trinajstić information content (AvgIpc) is 3.59. The summed E-state index contributed by atoms with van der Waals surface area (Å²) < 4.78 is 5.02. The quantitative estimate of drug-likeness (QED) is 0.365. The van der Waals surface area contributed by atoms with Crippen LogP contribution in [0.5, 0.6) is 0 Å². The molecular weight excluding hydrogens is 534 g/mol. The van der Waals surface area contributed by atoms with E-state index in [2.05, 4.69) is 41.4 Å². The molecule has 2 atom stereocenters. The molecule has 0 saturated carbocycles. The first kappa shape index (κ1) is 25.8. The van der Waals surface area contributed by atoms with Gasteiger partial charge in [0, 0.05) is 54.5 Å². The molecule has 4 N–H and O–H groups in total. The van der Waals surface area contributed by atoms with Crippen molar-refractivity contribution in [2.45, 2.75) is 38.6 Å². The first-order valence-corrected chi connectivity index (χ1v) is 13.5. The van der Waals surface area contributed by atoms with Crippen LogP contribution in [-0.4, -0.2) is 57.3 Å². The Labute approximate surface area is 235 Å². The molecule has 2 aromatic heterocycles. The number of halogens is 1. The van der Waals surface area contributed by atoms with Crippen LogP contribution in [0.15, 0.2) is 52.0 Å². The van der Waals surface area contributed by atoms with Gasteiger partial charge in [0.2, 0.25) is 5.95 Å². The molecule has 6 bridgehead atoms. The Morgan fingerprint density at radius 2 is 2.10 bits per heavy atom. The largest absolute Gasteiger partial charge is 0.361 e. The van der Waals surface area contributed by atoms with Crippen molar-refractivity contribution in [1.82, 2.24) is 25.3 Å². The van der Waals surface area contributed by atoms with Gasteiger partial charge < -0.3 is 30.7 Å². The lowest BCUT2D eigenvalue weighted by molar-refractivity contribution is 0.0787. The van der Waals surface area contributed by atoms with E-state index in [4.69, 9.17) is 16.1 Å². The normalized spacial score (nSPS) is 19.8. The maximum atomic E-state index is 13.0. The highest BCUT2D eigenvalue weighted by atomic mass is 35.5. The molecule has 3 aliphatic rings. The van der Waals surface area contributed by atoms with Gasteiger partial charge in [-0.15, -0.1) is 0 Å². The minimum atomic E-state index is -0.322. The van der Waals surface area contributed by atoms with Crippen LogP contribution in [0, 0.1) is 12.8 Å². The molecule has 13 heteroatoms. The number of nitrogens with one attached hydrogen (secondary N) is 4. The number of amides is 3. The van der Waals surface area contributed by atoms with Gasteiger partial charge in [-0.25, -0.2) is 9.78 Å². The molecule has 1 unspecified atom stereocenters. The van der Waals surface area contributed by atoms with Crippen LogP contribution in [0.25, 0.3) is 0 Å². The van der Waals surface area contributed by atoms with E-state index in [1.807, 2.05) is 24.4 Å². The smallest absolute Gasteiger partial charge is 0.319 e. The second-order valence-corrected chi connectivity index (χ2v) is 10.5. The molecule has 206 valence electrons. The second kappa shape index (κ2) is 11.0. The van der Waals surface area contributed by atoms with E-state index in [9.17, 15) is 9.59 Å². The molecule has 0 radical (unpaired) electrons. The van der Waals surface area contributed by atoms with Crippen LogP contribution < -0.4 is 21.3 Å². The zero-order chi connectivity index (χ0) is 27.6. The topological polar surface area (TPSA) is 150 Å². The van der Waals surface area contributed by atoms with Crippen molar-refractivity contribution in [2.24, 2.45) is 10.9 Å². The molecule has 12 nitrogen and oxygen atoms in total. The number of nitrogens with zero attached hydrogens (tertiary/aromatic N) is 5. The fraction of sp³-hybridized carbons (Fsp3) is 0.333. The van der Waals surface area contributed by atoms with Crippen LogP contribution in [0.1, 0.15) is 40.9 Å². The Kier molecular flexibility index (Phi) is 7.08. The van der Waals surface area contributed by atoms with Gasteiger partial charge >= 0.3 is 6.03 Å². The number of carbonyl (C=O) groups is 2. The molecule has 6 rings (SSSR count). The predicted octanol–water partition coefficient (Wildman–Crippen LogP) is 4.50. The summed E-state index contributed by atoms with van der Waals surface area (Å²) in [5.41, 5.74) is 3.83. The molecule has 3 aromatic rings. The number of hydrogen-bond acceptors (Lipinski definition) is 9. The number of allylic oxidation sites excluding steroid dienone is 1. The minimum absolute atomic E-state index is 0.145. The molecule has 40 heavy (non-hydrogen) atoms. The van der Waals surface area contributed by atoms with E-state index < -0.39 is 0 Å². The van der Waals surface area contributed by atoms with Crippen LogP contribution in [0.3, 0.4) is 0 Å². The Morgan fingerprint density at radius 1 is 1.20 bits per heavy atom. The van der Waals surface area contributed by atoms with E-state index in [1.165, 1.54) is 6.20 Å². The molecule has 1 fully saturated rings. The number of aromatic nitrogens is 3. The van der Waals surface area contributed by atoms with Gasteiger partial charge in [0.25, 0.3) is 5.91 Å². The third-order valence-electron chi connectivity index (χ3n) is 7.22. The fourth-order valence-electron chi connectivity index (χ4n) is 5.12. The summed E-state index contributed by atoms with van der Waals surface area (Å²) in [5.74, 6) is 1.47. The van der Waals surface area contributed by atoms with Gasteiger partial charge in [-0.1, -0.05) is 16.8 Å². The zero-order valence-corrected chi connectivity index (χ0v) is 22.5. The number of aryl methyl sites for hydroxylation is 2. The third kappa shape index (κ3) is 5.62. The minimum Gasteiger partial charge on any atom is -0.361 e. The summed E-state index contributed by atoms with van der Waals surface area (Å²) in [6.45, 7) is 2.67. The van der Waals surface area contributed by atoms with Crippen LogP contribution >= 0.6 is 11.6 Å². The molecule has 1 saturated heterocycles. The number of benzene rings is 1. The standard InChI is InChI=1S/C27H28ClN9O3/c1-15-21(12-31-40-15)25(38)37-7-6-19(14-37)34-27(39)35-23-5-4-18-9-17(23)3-2-16-8-20(11-29-10-16)33-26-30-13-22(28)24(32-18)36-26/h4-5,9-13,16,19H,2-3,6-8,14H2,1H3,(H2,34,35,39)(H2,30,32,33,36)/t16?,19-/m0/s1. The van der Waals surface area contributed by atoms with E-state index in [-0.39, 0.29) is 23.9 Å². The number of likely N-dealkylation sites (tertiary alicyclic amines) is 1. The van der Waals surface area contributed by atoms with Crippen molar-refractivity contribution in [3.05, 3.63) is 64.4 Å². The van der Waals surface area contributed by atoms with Gasteiger partial charge in [-0.2, -0.15) is 4.98 Å². The summed E-state index contributed by atoms with van der Waals surface area (Å²) in [5, 5.41) is 16.6. The predicted molar refractivity (Wildman–Crippen MR) is 151 cm³/mol. The molecule has 5 heterocycles. The molecule has 0 spiro atoms. The molecular formula is C27H28ClN9O3. The van der Waals surface area contributed by atoms with Gasteiger partial charge in [0.05, 0.1) is 12.4 Å². The molecule has 3 aliphatic heterocycles. The lowest BCUT2D eigenvalue weighted by Crippen LogP contribution is -2.40. The number of rotatable bonds is 3. The van der Waals surface area contributed by atoms with Crippen LogP contribution in [-0.2, 0) is 6.42 Å². The van der Waals surface area contributed by atoms with Crippen molar-refractivity contribution in [3.8, 4) is 0 Å². The van der Waals surface area contributed by atoms with Crippen molar-refractivity contribution in [2.75, 3.05) is 29.0 Å². The number of fused-ring (bicyclic) bond motifs is 6. The van der Waals surface area contributed by atoms with Crippen molar-refractivity contribution in [3.63, 3.8) is 0 Å². The SMILES string of the molecule is Cc1oncc1C(=O)N1CC[C@H](NC(=O)Nc2ccc3cc2CCC2C=NC=C(C2)Nc2ncc(Cl)c(n2)N3)C1. The summed E-state index contributed by atoms with van der Waals surface area (Å²) in [7, 11) is 0. The highest BCUT2D eigenvalue weighted by Crippen LogP contribution is 2.30. The Balaban J connectivity index is 1.16. The van der Waals surface area contributed by atoms with Gasteiger partial charge in [0.15, 0.2) is 5.82 Å². The monoisotopic (exact) mass is 561 g/mol. The zero-order valence-electron chi connectivity index (χ0n) is 21.8. The first-order chi connectivity index (χ1) is 19.4. The molecule has 3 amide bonds. The molecule has 0 aliphatic carbocycles. The lowest BCUT2D eigenvalue weighted by atomic mass is 9.94. The Morgan fingerprint density at radius 3 is 2.95 bits per heavy atom. The lowest BCUT2D eigenvalue weighted by Gasteiger charge is -2.20. The van der Waals surface area contributed by atoms with Gasteiger partial charge in [0.1, 0.15) is 16.3 Å². The number of hydrogen-bond donors (Lipinski definition) is 4. The van der Waals surface area contributed by atoms with Crippen molar-refractivity contribution < 1.29 is 14.1 Å². The van der Waals surface area contributed by atoms with Crippen LogP contribution in [0.2, 0.25) is 5.02 Å².